The Balaban J connectivity index is 2.37. The molecule has 10 nitrogen and oxygen atoms in total. The summed E-state index contributed by atoms with van der Waals surface area (Å²) in [6.07, 6.45) is -3.75. The number of likely N-dealkylation sites (N-methyl/N-ethyl adjacent to an activating group) is 1. The molecule has 0 saturated heterocycles. The molecule has 4 atom stereocenters. The van der Waals surface area contributed by atoms with Crippen LogP contribution in [-0.2, 0) is 14.3 Å². The average Bonchev–Trinajstić information content (AvgIpc) is 2.96. The lowest BCUT2D eigenvalue weighted by molar-refractivity contribution is -0.142. The fourth-order valence-electron chi connectivity index (χ4n) is 5.05. The zero-order valence-electron chi connectivity index (χ0n) is 27.5. The van der Waals surface area contributed by atoms with Gasteiger partial charge in [-0.3, -0.25) is 14.4 Å². The van der Waals surface area contributed by atoms with Crippen LogP contribution >= 0.6 is 0 Å². The average molecular weight is 645 g/mol. The maximum Gasteiger partial charge on any atom is 0.389 e. The molecule has 0 spiro atoms. The summed E-state index contributed by atoms with van der Waals surface area (Å²) in [5, 5.41) is 12.5. The maximum absolute atomic E-state index is 14.1. The molecular formula is C32H51F3N4O6. The lowest BCUT2D eigenvalue weighted by Crippen LogP contribution is -2.48. The molecule has 1 aromatic rings. The van der Waals surface area contributed by atoms with Crippen LogP contribution in [0, 0.1) is 5.92 Å². The molecule has 1 aliphatic heterocycles. The number of halogens is 3. The molecule has 0 radical (unpaired) electrons. The van der Waals surface area contributed by atoms with E-state index in [-0.39, 0.29) is 54.2 Å². The molecule has 13 heteroatoms. The number of nitrogens with zero attached hydrogens (tertiary/aromatic N) is 3. The molecule has 0 bridgehead atoms. The molecule has 3 amide bonds. The number of hydrogen-bond donors (Lipinski definition) is 2. The summed E-state index contributed by atoms with van der Waals surface area (Å²) in [7, 11) is 5.67. The van der Waals surface area contributed by atoms with Crippen molar-refractivity contribution in [2.45, 2.75) is 90.1 Å². The second kappa shape index (κ2) is 18.3. The molecule has 0 saturated carbocycles. The molecular weight excluding hydrogens is 593 g/mol. The lowest BCUT2D eigenvalue weighted by atomic mass is 10.0. The number of anilines is 1. The van der Waals surface area contributed by atoms with Crippen LogP contribution in [0.5, 0.6) is 5.75 Å². The fourth-order valence-corrected chi connectivity index (χ4v) is 5.05. The monoisotopic (exact) mass is 644 g/mol. The topological polar surface area (TPSA) is 112 Å². The Hall–Kier alpha value is -2.90. The number of benzene rings is 1. The van der Waals surface area contributed by atoms with E-state index in [1.165, 1.54) is 23.1 Å². The van der Waals surface area contributed by atoms with E-state index in [2.05, 4.69) is 5.32 Å². The first-order valence-electron chi connectivity index (χ1n) is 15.7. The number of amides is 3. The molecule has 0 unspecified atom stereocenters. The summed E-state index contributed by atoms with van der Waals surface area (Å²) >= 11 is 0. The molecule has 0 fully saturated rings. The normalized spacial score (nSPS) is 21.0. The maximum atomic E-state index is 14.1. The van der Waals surface area contributed by atoms with Crippen LogP contribution in [0.3, 0.4) is 0 Å². The molecule has 256 valence electrons. The van der Waals surface area contributed by atoms with Crippen molar-refractivity contribution in [1.82, 2.24) is 14.7 Å². The summed E-state index contributed by atoms with van der Waals surface area (Å²) in [6.45, 7) is 6.99. The second-order valence-corrected chi connectivity index (χ2v) is 12.4. The SMILES string of the molecule is C[C@@H]1CCCCO[C@H](CN(C)C(=O)CCCN(C)C)[C@H](C)CN([C@H](C)CO)C(=O)c2cc(NC(=O)CCC(F)(F)F)ccc2O1. The Morgan fingerprint density at radius 3 is 2.51 bits per heavy atom. The summed E-state index contributed by atoms with van der Waals surface area (Å²) in [6, 6.07) is 3.82. The van der Waals surface area contributed by atoms with Gasteiger partial charge in [-0.25, -0.2) is 0 Å². The number of ether oxygens (including phenoxy) is 2. The summed E-state index contributed by atoms with van der Waals surface area (Å²) in [4.78, 5) is 44.4. The van der Waals surface area contributed by atoms with Gasteiger partial charge in [0, 0.05) is 51.2 Å². The van der Waals surface area contributed by atoms with Crippen molar-refractivity contribution < 1.29 is 42.1 Å². The molecule has 0 aliphatic carbocycles. The van der Waals surface area contributed by atoms with Gasteiger partial charge in [-0.05, 0) is 78.4 Å². The number of hydrogen-bond acceptors (Lipinski definition) is 7. The number of rotatable bonds is 11. The first kappa shape index (κ1) is 38.3. The number of aliphatic hydroxyl groups is 1. The van der Waals surface area contributed by atoms with Crippen LogP contribution in [0.4, 0.5) is 18.9 Å². The predicted molar refractivity (Wildman–Crippen MR) is 166 cm³/mol. The zero-order valence-corrected chi connectivity index (χ0v) is 27.5. The third-order valence-electron chi connectivity index (χ3n) is 7.85. The van der Waals surface area contributed by atoms with E-state index in [0.717, 1.165) is 25.8 Å². The van der Waals surface area contributed by atoms with Crippen LogP contribution < -0.4 is 10.1 Å². The minimum atomic E-state index is -4.47. The van der Waals surface area contributed by atoms with Crippen molar-refractivity contribution in [2.24, 2.45) is 5.92 Å². The highest BCUT2D eigenvalue weighted by Gasteiger charge is 2.31. The zero-order chi connectivity index (χ0) is 33.7. The molecule has 1 aromatic carbocycles. The smallest absolute Gasteiger partial charge is 0.389 e. The van der Waals surface area contributed by atoms with E-state index in [1.807, 2.05) is 32.8 Å². The second-order valence-electron chi connectivity index (χ2n) is 12.4. The first-order chi connectivity index (χ1) is 21.1. The minimum absolute atomic E-state index is 0.00780. The molecule has 1 aliphatic rings. The number of fused-ring (bicyclic) bond motifs is 1. The Bertz CT molecular complexity index is 1100. The number of aliphatic hydroxyl groups excluding tert-OH is 1. The Morgan fingerprint density at radius 1 is 1.16 bits per heavy atom. The van der Waals surface area contributed by atoms with E-state index < -0.39 is 36.9 Å². The molecule has 45 heavy (non-hydrogen) atoms. The molecule has 0 aromatic heterocycles. The molecule has 2 N–H and O–H groups in total. The van der Waals surface area contributed by atoms with Crippen molar-refractivity contribution in [3.8, 4) is 5.75 Å². The highest BCUT2D eigenvalue weighted by Crippen LogP contribution is 2.29. The van der Waals surface area contributed by atoms with Gasteiger partial charge in [0.15, 0.2) is 0 Å². The standard InChI is InChI=1S/C32H51F3N4O6/c1-22-19-39(23(2)21-40)31(43)26-18-25(36-29(41)14-15-32(33,34)35)12-13-27(26)45-24(3)10-7-8-17-44-28(22)20-38(6)30(42)11-9-16-37(4)5/h12-13,18,22-24,28,40H,7-11,14-17,19-21H2,1-6H3,(H,36,41)/t22-,23-,24-,28-/m1/s1. The van der Waals surface area contributed by atoms with E-state index >= 15 is 0 Å². The molecule has 1 heterocycles. The van der Waals surface area contributed by atoms with E-state index in [9.17, 15) is 32.7 Å². The highest BCUT2D eigenvalue weighted by atomic mass is 19.4. The van der Waals surface area contributed by atoms with Crippen molar-refractivity contribution in [1.29, 1.82) is 0 Å². The van der Waals surface area contributed by atoms with Crippen molar-refractivity contribution >= 4 is 23.4 Å². The van der Waals surface area contributed by atoms with Crippen LogP contribution in [0.2, 0.25) is 0 Å². The summed E-state index contributed by atoms with van der Waals surface area (Å²) in [5.74, 6) is -1.26. The van der Waals surface area contributed by atoms with E-state index in [1.54, 1.807) is 18.9 Å². The summed E-state index contributed by atoms with van der Waals surface area (Å²) < 4.78 is 50.4. The predicted octanol–water partition coefficient (Wildman–Crippen LogP) is 4.56. The number of alkyl halides is 3. The van der Waals surface area contributed by atoms with Gasteiger partial charge >= 0.3 is 6.18 Å². The minimum Gasteiger partial charge on any atom is -0.490 e. The Kier molecular flexibility index (Phi) is 15.6. The van der Waals surface area contributed by atoms with Crippen molar-refractivity contribution in [3.63, 3.8) is 0 Å². The lowest BCUT2D eigenvalue weighted by Gasteiger charge is -2.36. The number of carbonyl (C=O) groups excluding carboxylic acids is 3. The van der Waals surface area contributed by atoms with E-state index in [4.69, 9.17) is 9.47 Å². The van der Waals surface area contributed by atoms with Gasteiger partial charge in [-0.15, -0.1) is 0 Å². The van der Waals surface area contributed by atoms with Crippen LogP contribution in [-0.4, -0.2) is 116 Å². The highest BCUT2D eigenvalue weighted by molar-refractivity contribution is 5.99. The largest absolute Gasteiger partial charge is 0.490 e. The third-order valence-corrected chi connectivity index (χ3v) is 7.85. The van der Waals surface area contributed by atoms with Crippen molar-refractivity contribution in [3.05, 3.63) is 23.8 Å². The molecule has 2 rings (SSSR count). The van der Waals surface area contributed by atoms with Crippen LogP contribution in [0.15, 0.2) is 18.2 Å². The van der Waals surface area contributed by atoms with Crippen LogP contribution in [0.25, 0.3) is 0 Å². The van der Waals surface area contributed by atoms with Gasteiger partial charge in [-0.2, -0.15) is 13.2 Å². The van der Waals surface area contributed by atoms with Crippen molar-refractivity contribution in [2.75, 3.05) is 59.3 Å². The fraction of sp³-hybridized carbons (Fsp3) is 0.719. The van der Waals surface area contributed by atoms with Gasteiger partial charge in [0.05, 0.1) is 36.8 Å². The number of nitrogens with one attached hydrogen (secondary N) is 1. The van der Waals surface area contributed by atoms with Crippen LogP contribution in [0.1, 0.15) is 76.1 Å². The van der Waals surface area contributed by atoms with E-state index in [0.29, 0.717) is 26.0 Å². The Labute approximate surface area is 265 Å². The number of carbonyl (C=O) groups is 3. The van der Waals surface area contributed by atoms with Gasteiger partial charge in [0.1, 0.15) is 5.75 Å². The summed E-state index contributed by atoms with van der Waals surface area (Å²) in [5.41, 5.74) is 0.276. The Morgan fingerprint density at radius 2 is 1.87 bits per heavy atom. The third kappa shape index (κ3) is 13.5. The van der Waals surface area contributed by atoms with Gasteiger partial charge in [0.2, 0.25) is 11.8 Å². The quantitative estimate of drug-likeness (QED) is 0.363. The van der Waals surface area contributed by atoms with Gasteiger partial charge < -0.3 is 34.6 Å². The van der Waals surface area contributed by atoms with Gasteiger partial charge in [0.25, 0.3) is 5.91 Å². The van der Waals surface area contributed by atoms with Gasteiger partial charge in [-0.1, -0.05) is 6.92 Å². The first-order valence-corrected chi connectivity index (χ1v) is 15.7.